The van der Waals surface area contributed by atoms with Crippen molar-refractivity contribution < 1.29 is 4.74 Å². The summed E-state index contributed by atoms with van der Waals surface area (Å²) in [6, 6.07) is 8.57. The second kappa shape index (κ2) is 6.76. The maximum Gasteiger partial charge on any atom is 0.118 e. The van der Waals surface area contributed by atoms with Crippen molar-refractivity contribution in [3.05, 3.63) is 29.8 Å². The Hall–Kier alpha value is -1.06. The van der Waals surface area contributed by atoms with Gasteiger partial charge in [0, 0.05) is 24.7 Å². The normalized spacial score (nSPS) is 13.4. The summed E-state index contributed by atoms with van der Waals surface area (Å²) in [6.45, 7) is 10.7. The third-order valence-electron chi connectivity index (χ3n) is 2.85. The van der Waals surface area contributed by atoms with E-state index in [1.54, 1.807) is 7.11 Å². The zero-order valence-electron chi connectivity index (χ0n) is 12.2. The van der Waals surface area contributed by atoms with Crippen LogP contribution < -0.4 is 15.4 Å². The van der Waals surface area contributed by atoms with Crippen molar-refractivity contribution in [2.45, 2.75) is 39.3 Å². The fourth-order valence-corrected chi connectivity index (χ4v) is 1.74. The van der Waals surface area contributed by atoms with E-state index in [4.69, 9.17) is 4.74 Å². The van der Waals surface area contributed by atoms with E-state index < -0.39 is 0 Å². The molecule has 1 aromatic rings. The zero-order chi connectivity index (χ0) is 13.6. The van der Waals surface area contributed by atoms with E-state index >= 15 is 0 Å². The van der Waals surface area contributed by atoms with E-state index in [2.05, 4.69) is 50.5 Å². The molecule has 3 heteroatoms. The lowest BCUT2D eigenvalue weighted by molar-refractivity contribution is 0.411. The standard InChI is InChI=1S/C15H26N2O/c1-12(16-10-11-17-15(2,3)4)13-6-8-14(18-5)9-7-13/h6-9,12,16-17H,10-11H2,1-5H3/t12-/m1/s1. The van der Waals surface area contributed by atoms with Crippen LogP contribution in [-0.2, 0) is 0 Å². The minimum atomic E-state index is 0.186. The maximum absolute atomic E-state index is 5.15. The molecule has 1 aromatic carbocycles. The SMILES string of the molecule is COc1ccc([C@@H](C)NCCNC(C)(C)C)cc1. The predicted octanol–water partition coefficient (Wildman–Crippen LogP) is 2.73. The van der Waals surface area contributed by atoms with Crippen molar-refractivity contribution in [1.29, 1.82) is 0 Å². The second-order valence-electron chi connectivity index (χ2n) is 5.63. The summed E-state index contributed by atoms with van der Waals surface area (Å²) < 4.78 is 5.15. The van der Waals surface area contributed by atoms with Crippen LogP contribution in [0.1, 0.15) is 39.3 Å². The van der Waals surface area contributed by atoms with Crippen LogP contribution in [0, 0.1) is 0 Å². The Bertz CT molecular complexity index is 341. The van der Waals surface area contributed by atoms with Gasteiger partial charge < -0.3 is 15.4 Å². The first kappa shape index (κ1) is 15.0. The van der Waals surface area contributed by atoms with Gasteiger partial charge in [-0.15, -0.1) is 0 Å². The van der Waals surface area contributed by atoms with E-state index in [1.165, 1.54) is 5.56 Å². The summed E-state index contributed by atoms with van der Waals surface area (Å²) >= 11 is 0. The number of benzene rings is 1. The number of ether oxygens (including phenoxy) is 1. The van der Waals surface area contributed by atoms with E-state index in [0.29, 0.717) is 6.04 Å². The van der Waals surface area contributed by atoms with Gasteiger partial charge in [-0.05, 0) is 45.4 Å². The van der Waals surface area contributed by atoms with E-state index in [-0.39, 0.29) is 5.54 Å². The number of hydrogen-bond donors (Lipinski definition) is 2. The van der Waals surface area contributed by atoms with Gasteiger partial charge in [-0.1, -0.05) is 12.1 Å². The molecule has 1 rings (SSSR count). The Morgan fingerprint density at radius 2 is 1.72 bits per heavy atom. The van der Waals surface area contributed by atoms with Gasteiger partial charge in [0.2, 0.25) is 0 Å². The molecule has 0 heterocycles. The fraction of sp³-hybridized carbons (Fsp3) is 0.600. The lowest BCUT2D eigenvalue weighted by Gasteiger charge is -2.22. The van der Waals surface area contributed by atoms with Crippen LogP contribution in [0.4, 0.5) is 0 Å². The molecular weight excluding hydrogens is 224 g/mol. The Kier molecular flexibility index (Phi) is 5.63. The van der Waals surface area contributed by atoms with Gasteiger partial charge in [0.15, 0.2) is 0 Å². The fourth-order valence-electron chi connectivity index (χ4n) is 1.74. The molecule has 0 saturated heterocycles. The lowest BCUT2D eigenvalue weighted by atomic mass is 10.1. The minimum Gasteiger partial charge on any atom is -0.497 e. The number of methoxy groups -OCH3 is 1. The number of hydrogen-bond acceptors (Lipinski definition) is 3. The van der Waals surface area contributed by atoms with Crippen LogP contribution in [0.25, 0.3) is 0 Å². The van der Waals surface area contributed by atoms with Crippen LogP contribution in [-0.4, -0.2) is 25.7 Å². The van der Waals surface area contributed by atoms with Crippen LogP contribution >= 0.6 is 0 Å². The highest BCUT2D eigenvalue weighted by molar-refractivity contribution is 5.28. The smallest absolute Gasteiger partial charge is 0.118 e. The molecule has 0 bridgehead atoms. The molecule has 0 fully saturated rings. The van der Waals surface area contributed by atoms with Gasteiger partial charge in [0.05, 0.1) is 7.11 Å². The van der Waals surface area contributed by atoms with Crippen molar-refractivity contribution in [2.24, 2.45) is 0 Å². The molecule has 0 aromatic heterocycles. The van der Waals surface area contributed by atoms with Crippen LogP contribution in [0.5, 0.6) is 5.75 Å². The Morgan fingerprint density at radius 3 is 2.22 bits per heavy atom. The molecule has 1 atom stereocenters. The molecule has 0 aliphatic heterocycles. The highest BCUT2D eigenvalue weighted by Gasteiger charge is 2.08. The molecule has 102 valence electrons. The third-order valence-corrected chi connectivity index (χ3v) is 2.85. The van der Waals surface area contributed by atoms with E-state index in [1.807, 2.05) is 12.1 Å². The maximum atomic E-state index is 5.15. The number of rotatable bonds is 6. The quantitative estimate of drug-likeness (QED) is 0.762. The predicted molar refractivity (Wildman–Crippen MR) is 77.2 cm³/mol. The highest BCUT2D eigenvalue weighted by atomic mass is 16.5. The summed E-state index contributed by atoms with van der Waals surface area (Å²) in [4.78, 5) is 0. The highest BCUT2D eigenvalue weighted by Crippen LogP contribution is 2.16. The molecule has 0 aliphatic carbocycles. The Morgan fingerprint density at radius 1 is 1.11 bits per heavy atom. The summed E-state index contributed by atoms with van der Waals surface area (Å²) in [5.41, 5.74) is 1.47. The van der Waals surface area contributed by atoms with Gasteiger partial charge in [0.1, 0.15) is 5.75 Å². The molecule has 0 amide bonds. The average Bonchev–Trinajstić information content (AvgIpc) is 2.33. The first-order valence-electron chi connectivity index (χ1n) is 6.55. The first-order valence-corrected chi connectivity index (χ1v) is 6.55. The molecule has 18 heavy (non-hydrogen) atoms. The van der Waals surface area contributed by atoms with E-state index in [0.717, 1.165) is 18.8 Å². The first-order chi connectivity index (χ1) is 8.42. The van der Waals surface area contributed by atoms with Crippen LogP contribution in [0.3, 0.4) is 0 Å². The van der Waals surface area contributed by atoms with Crippen LogP contribution in [0.2, 0.25) is 0 Å². The largest absolute Gasteiger partial charge is 0.497 e. The Balaban J connectivity index is 2.33. The van der Waals surface area contributed by atoms with Gasteiger partial charge in [-0.25, -0.2) is 0 Å². The molecule has 0 spiro atoms. The van der Waals surface area contributed by atoms with Crippen molar-refractivity contribution in [1.82, 2.24) is 10.6 Å². The van der Waals surface area contributed by atoms with Gasteiger partial charge in [0.25, 0.3) is 0 Å². The summed E-state index contributed by atoms with van der Waals surface area (Å²) in [6.07, 6.45) is 0. The van der Waals surface area contributed by atoms with Crippen molar-refractivity contribution in [3.8, 4) is 5.75 Å². The molecule has 3 nitrogen and oxygen atoms in total. The van der Waals surface area contributed by atoms with Crippen molar-refractivity contribution >= 4 is 0 Å². The molecule has 0 radical (unpaired) electrons. The monoisotopic (exact) mass is 250 g/mol. The summed E-state index contributed by atoms with van der Waals surface area (Å²) in [5.74, 6) is 0.903. The molecule has 0 aliphatic rings. The second-order valence-corrected chi connectivity index (χ2v) is 5.63. The van der Waals surface area contributed by atoms with Crippen molar-refractivity contribution in [3.63, 3.8) is 0 Å². The molecule has 0 unspecified atom stereocenters. The van der Waals surface area contributed by atoms with Gasteiger partial charge in [-0.3, -0.25) is 0 Å². The summed E-state index contributed by atoms with van der Waals surface area (Å²) in [5, 5.41) is 6.97. The topological polar surface area (TPSA) is 33.3 Å². The van der Waals surface area contributed by atoms with Gasteiger partial charge in [-0.2, -0.15) is 0 Å². The molecular formula is C15H26N2O. The molecule has 0 saturated carbocycles. The zero-order valence-corrected chi connectivity index (χ0v) is 12.2. The Labute approximate surface area is 111 Å². The van der Waals surface area contributed by atoms with Gasteiger partial charge >= 0.3 is 0 Å². The number of nitrogens with one attached hydrogen (secondary N) is 2. The summed E-state index contributed by atoms with van der Waals surface area (Å²) in [7, 11) is 1.69. The minimum absolute atomic E-state index is 0.186. The third kappa shape index (κ3) is 5.52. The lowest BCUT2D eigenvalue weighted by Crippen LogP contribution is -2.40. The van der Waals surface area contributed by atoms with Crippen molar-refractivity contribution in [2.75, 3.05) is 20.2 Å². The van der Waals surface area contributed by atoms with E-state index in [9.17, 15) is 0 Å². The molecule has 2 N–H and O–H groups in total. The van der Waals surface area contributed by atoms with Crippen LogP contribution in [0.15, 0.2) is 24.3 Å². The average molecular weight is 250 g/mol.